The van der Waals surface area contributed by atoms with Gasteiger partial charge in [-0.3, -0.25) is 19.3 Å². The SMILES string of the molecule is Cc1ccc(NC(=O)C(C)C)cc1NC(=O)CN1C(=O)NC(C)(c2ccccc2)C1=O. The van der Waals surface area contributed by atoms with Gasteiger partial charge >= 0.3 is 6.03 Å². The molecule has 162 valence electrons. The van der Waals surface area contributed by atoms with Crippen LogP contribution in [0, 0.1) is 12.8 Å². The van der Waals surface area contributed by atoms with E-state index in [9.17, 15) is 19.2 Å². The molecule has 1 heterocycles. The number of carbonyl (C=O) groups is 4. The molecule has 0 radical (unpaired) electrons. The van der Waals surface area contributed by atoms with Gasteiger partial charge in [-0.25, -0.2) is 4.79 Å². The van der Waals surface area contributed by atoms with E-state index in [0.717, 1.165) is 10.5 Å². The number of anilines is 2. The Morgan fingerprint density at radius 3 is 2.39 bits per heavy atom. The van der Waals surface area contributed by atoms with Crippen LogP contribution >= 0.6 is 0 Å². The molecular weight excluding hydrogens is 396 g/mol. The number of rotatable bonds is 6. The maximum Gasteiger partial charge on any atom is 0.325 e. The van der Waals surface area contributed by atoms with Crippen LogP contribution in [0.1, 0.15) is 31.9 Å². The third-order valence-corrected chi connectivity index (χ3v) is 5.23. The highest BCUT2D eigenvalue weighted by Gasteiger charge is 2.49. The number of amides is 5. The molecule has 3 rings (SSSR count). The molecule has 2 aromatic rings. The number of hydrogen-bond donors (Lipinski definition) is 3. The molecule has 1 fully saturated rings. The minimum atomic E-state index is -1.23. The maximum atomic E-state index is 12.9. The van der Waals surface area contributed by atoms with Gasteiger partial charge in [-0.2, -0.15) is 0 Å². The number of hydrogen-bond acceptors (Lipinski definition) is 4. The average Bonchev–Trinajstić information content (AvgIpc) is 2.95. The Bertz CT molecular complexity index is 1040. The van der Waals surface area contributed by atoms with Crippen molar-refractivity contribution < 1.29 is 19.2 Å². The van der Waals surface area contributed by atoms with E-state index in [-0.39, 0.29) is 11.8 Å². The van der Waals surface area contributed by atoms with Crippen LogP contribution < -0.4 is 16.0 Å². The van der Waals surface area contributed by atoms with Crippen molar-refractivity contribution in [3.8, 4) is 0 Å². The zero-order valence-electron chi connectivity index (χ0n) is 18.0. The van der Waals surface area contributed by atoms with E-state index in [1.165, 1.54) is 0 Å². The van der Waals surface area contributed by atoms with Gasteiger partial charge in [0.15, 0.2) is 0 Å². The largest absolute Gasteiger partial charge is 0.326 e. The van der Waals surface area contributed by atoms with E-state index < -0.39 is 29.9 Å². The van der Waals surface area contributed by atoms with Crippen molar-refractivity contribution in [3.63, 3.8) is 0 Å². The predicted molar refractivity (Wildman–Crippen MR) is 117 cm³/mol. The Morgan fingerprint density at radius 2 is 1.74 bits per heavy atom. The number of aryl methyl sites for hydroxylation is 1. The van der Waals surface area contributed by atoms with Gasteiger partial charge in [0.2, 0.25) is 11.8 Å². The van der Waals surface area contributed by atoms with E-state index in [0.29, 0.717) is 16.9 Å². The van der Waals surface area contributed by atoms with Crippen molar-refractivity contribution in [3.05, 3.63) is 59.7 Å². The van der Waals surface area contributed by atoms with E-state index in [1.807, 2.05) is 13.0 Å². The van der Waals surface area contributed by atoms with Gasteiger partial charge in [0.1, 0.15) is 12.1 Å². The number of urea groups is 1. The molecule has 8 nitrogen and oxygen atoms in total. The molecule has 0 aromatic heterocycles. The highest BCUT2D eigenvalue weighted by Crippen LogP contribution is 2.28. The molecule has 0 saturated carbocycles. The van der Waals surface area contributed by atoms with Crippen molar-refractivity contribution >= 4 is 35.1 Å². The lowest BCUT2D eigenvalue weighted by molar-refractivity contribution is -0.133. The first-order chi connectivity index (χ1) is 14.6. The first-order valence-corrected chi connectivity index (χ1v) is 10.0. The maximum absolute atomic E-state index is 12.9. The summed E-state index contributed by atoms with van der Waals surface area (Å²) in [4.78, 5) is 50.8. The summed E-state index contributed by atoms with van der Waals surface area (Å²) in [6.45, 7) is 6.57. The zero-order chi connectivity index (χ0) is 22.8. The molecule has 31 heavy (non-hydrogen) atoms. The van der Waals surface area contributed by atoms with Crippen LogP contribution in [0.15, 0.2) is 48.5 Å². The molecule has 0 aliphatic carbocycles. The second kappa shape index (κ2) is 8.59. The quantitative estimate of drug-likeness (QED) is 0.622. The van der Waals surface area contributed by atoms with Crippen LogP contribution in [-0.2, 0) is 19.9 Å². The topological polar surface area (TPSA) is 108 Å². The van der Waals surface area contributed by atoms with Crippen molar-refractivity contribution in [2.45, 2.75) is 33.2 Å². The summed E-state index contributed by atoms with van der Waals surface area (Å²) in [7, 11) is 0. The van der Waals surface area contributed by atoms with Crippen molar-refractivity contribution in [2.75, 3.05) is 17.2 Å². The van der Waals surface area contributed by atoms with Gasteiger partial charge in [0.25, 0.3) is 5.91 Å². The summed E-state index contributed by atoms with van der Waals surface area (Å²) in [5, 5.41) is 8.18. The van der Waals surface area contributed by atoms with Crippen molar-refractivity contribution in [1.82, 2.24) is 10.2 Å². The Hall–Kier alpha value is -3.68. The molecule has 2 aromatic carbocycles. The van der Waals surface area contributed by atoms with Crippen molar-refractivity contribution in [2.24, 2.45) is 5.92 Å². The lowest BCUT2D eigenvalue weighted by atomic mass is 9.92. The fourth-order valence-electron chi connectivity index (χ4n) is 3.26. The smallest absolute Gasteiger partial charge is 0.325 e. The molecule has 8 heteroatoms. The van der Waals surface area contributed by atoms with E-state index in [2.05, 4.69) is 16.0 Å². The van der Waals surface area contributed by atoms with Gasteiger partial charge in [-0.15, -0.1) is 0 Å². The first-order valence-electron chi connectivity index (χ1n) is 10.0. The number of nitrogens with zero attached hydrogens (tertiary/aromatic N) is 1. The van der Waals surface area contributed by atoms with Crippen LogP contribution in [0.3, 0.4) is 0 Å². The summed E-state index contributed by atoms with van der Waals surface area (Å²) in [6, 6.07) is 13.4. The summed E-state index contributed by atoms with van der Waals surface area (Å²) in [5.41, 5.74) is 1.23. The lowest BCUT2D eigenvalue weighted by Crippen LogP contribution is -2.42. The summed E-state index contributed by atoms with van der Waals surface area (Å²) >= 11 is 0. The Morgan fingerprint density at radius 1 is 1.06 bits per heavy atom. The zero-order valence-corrected chi connectivity index (χ0v) is 18.0. The highest BCUT2D eigenvalue weighted by molar-refractivity contribution is 6.10. The highest BCUT2D eigenvalue weighted by atomic mass is 16.2. The third-order valence-electron chi connectivity index (χ3n) is 5.23. The molecule has 3 N–H and O–H groups in total. The molecule has 1 aliphatic heterocycles. The van der Waals surface area contributed by atoms with E-state index >= 15 is 0 Å². The van der Waals surface area contributed by atoms with Gasteiger partial charge in [0, 0.05) is 17.3 Å². The predicted octanol–water partition coefficient (Wildman–Crippen LogP) is 3.00. The fraction of sp³-hybridized carbons (Fsp3) is 0.304. The number of nitrogens with one attached hydrogen (secondary N) is 3. The molecule has 0 bridgehead atoms. The monoisotopic (exact) mass is 422 g/mol. The van der Waals surface area contributed by atoms with Gasteiger partial charge < -0.3 is 16.0 Å². The summed E-state index contributed by atoms with van der Waals surface area (Å²) in [6.07, 6.45) is 0. The summed E-state index contributed by atoms with van der Waals surface area (Å²) in [5.74, 6) is -1.33. The number of benzene rings is 2. The standard InChI is InChI=1S/C23H26N4O4/c1-14(2)20(29)24-17-11-10-15(3)18(12-17)25-19(28)13-27-21(30)23(4,26-22(27)31)16-8-6-5-7-9-16/h5-12,14H,13H2,1-4H3,(H,24,29)(H,25,28)(H,26,31). The minimum absolute atomic E-state index is 0.138. The molecular formula is C23H26N4O4. The van der Waals surface area contributed by atoms with Gasteiger partial charge in [-0.05, 0) is 37.1 Å². The van der Waals surface area contributed by atoms with Gasteiger partial charge in [0.05, 0.1) is 0 Å². The lowest BCUT2D eigenvalue weighted by Gasteiger charge is -2.22. The Labute approximate surface area is 181 Å². The van der Waals surface area contributed by atoms with Crippen LogP contribution in [0.4, 0.5) is 16.2 Å². The minimum Gasteiger partial charge on any atom is -0.326 e. The number of imide groups is 1. The second-order valence-electron chi connectivity index (χ2n) is 8.03. The van der Waals surface area contributed by atoms with Crippen LogP contribution in [0.25, 0.3) is 0 Å². The van der Waals surface area contributed by atoms with Crippen molar-refractivity contribution in [1.29, 1.82) is 0 Å². The third kappa shape index (κ3) is 4.58. The van der Waals surface area contributed by atoms with E-state index in [1.54, 1.807) is 63.2 Å². The van der Waals surface area contributed by atoms with Gasteiger partial charge in [-0.1, -0.05) is 50.2 Å². The molecule has 1 aliphatic rings. The number of carbonyl (C=O) groups excluding carboxylic acids is 4. The van der Waals surface area contributed by atoms with Crippen LogP contribution in [-0.4, -0.2) is 35.2 Å². The fourth-order valence-corrected chi connectivity index (χ4v) is 3.26. The average molecular weight is 422 g/mol. The molecule has 0 spiro atoms. The normalized spacial score (nSPS) is 18.2. The molecule has 1 unspecified atom stereocenters. The Balaban J connectivity index is 1.72. The first kappa shape index (κ1) is 22.0. The molecule has 1 saturated heterocycles. The van der Waals surface area contributed by atoms with E-state index in [4.69, 9.17) is 0 Å². The molecule has 1 atom stereocenters. The summed E-state index contributed by atoms with van der Waals surface area (Å²) < 4.78 is 0. The van der Waals surface area contributed by atoms with Crippen LogP contribution in [0.2, 0.25) is 0 Å². The second-order valence-corrected chi connectivity index (χ2v) is 8.03. The Kier molecular flexibility index (Phi) is 6.10. The molecule has 5 amide bonds. The van der Waals surface area contributed by atoms with Crippen LogP contribution in [0.5, 0.6) is 0 Å².